The molecule has 4 heteroatoms. The van der Waals surface area contributed by atoms with Crippen LogP contribution in [0.2, 0.25) is 0 Å². The molecule has 0 aromatic heterocycles. The van der Waals surface area contributed by atoms with Gasteiger partial charge in [-0.05, 0) is 48.2 Å². The van der Waals surface area contributed by atoms with E-state index in [0.717, 1.165) is 25.9 Å². The van der Waals surface area contributed by atoms with Crippen LogP contribution in [0.25, 0.3) is 0 Å². The zero-order valence-corrected chi connectivity index (χ0v) is 12.9. The summed E-state index contributed by atoms with van der Waals surface area (Å²) in [6.07, 6.45) is 3.41. The quantitative estimate of drug-likeness (QED) is 0.927. The number of phenolic OH excluding ortho intramolecular Hbond substituents is 1. The normalized spacial score (nSPS) is 16.1. The summed E-state index contributed by atoms with van der Waals surface area (Å²) >= 11 is 0. The summed E-state index contributed by atoms with van der Waals surface area (Å²) in [5, 5.41) is 10.0. The summed E-state index contributed by atoms with van der Waals surface area (Å²) in [5.41, 5.74) is 3.60. The fraction of sp³-hybridized carbons (Fsp3) is 0.294. The second-order valence-electron chi connectivity index (χ2n) is 5.37. The van der Waals surface area contributed by atoms with Crippen LogP contribution < -0.4 is 4.90 Å². The Labute approximate surface area is 127 Å². The molecule has 0 spiro atoms. The minimum Gasteiger partial charge on any atom is -0.507 e. The summed E-state index contributed by atoms with van der Waals surface area (Å²) in [4.78, 5) is 2.90. The lowest BCUT2D eigenvalue weighted by Crippen LogP contribution is -2.25. The van der Waals surface area contributed by atoms with Crippen molar-refractivity contribution < 1.29 is 9.32 Å². The lowest BCUT2D eigenvalue weighted by atomic mass is 10.0. The van der Waals surface area contributed by atoms with Gasteiger partial charge in [0, 0.05) is 25.0 Å². The third-order valence-corrected chi connectivity index (χ3v) is 4.96. The smallest absolute Gasteiger partial charge is 0.131 e. The summed E-state index contributed by atoms with van der Waals surface area (Å²) in [6.45, 7) is 1.88. The number of rotatable bonds is 2. The van der Waals surface area contributed by atoms with Crippen LogP contribution in [0, 0.1) is 0 Å². The molecular formula is C17H19NO2S. The Kier molecular flexibility index (Phi) is 3.97. The molecular weight excluding hydrogens is 282 g/mol. The number of fused-ring (bicyclic) bond motifs is 1. The van der Waals surface area contributed by atoms with Crippen molar-refractivity contribution in [2.24, 2.45) is 0 Å². The Bertz CT molecular complexity index is 670. The van der Waals surface area contributed by atoms with Crippen molar-refractivity contribution >= 4 is 16.5 Å². The van der Waals surface area contributed by atoms with Gasteiger partial charge in [-0.2, -0.15) is 0 Å². The molecule has 1 aliphatic heterocycles. The molecule has 1 heterocycles. The van der Waals surface area contributed by atoms with E-state index in [2.05, 4.69) is 29.2 Å². The lowest BCUT2D eigenvalue weighted by Gasteiger charge is -2.22. The molecule has 2 aromatic rings. The molecule has 1 N–H and O–H groups in total. The molecule has 1 aliphatic rings. The van der Waals surface area contributed by atoms with Crippen molar-refractivity contribution in [2.75, 3.05) is 24.2 Å². The van der Waals surface area contributed by atoms with Gasteiger partial charge in [0.1, 0.15) is 5.75 Å². The summed E-state index contributed by atoms with van der Waals surface area (Å²) in [5.74, 6) is 0.155. The van der Waals surface area contributed by atoms with Gasteiger partial charge in [-0.15, -0.1) is 0 Å². The van der Waals surface area contributed by atoms with Crippen molar-refractivity contribution in [3.63, 3.8) is 0 Å². The molecule has 0 fully saturated rings. The fourth-order valence-corrected chi connectivity index (χ4v) is 3.53. The SMILES string of the molecule is CS(=O)c1cc2c(cc1O)CCN(c1ccccc1)CC2. The molecule has 110 valence electrons. The maximum Gasteiger partial charge on any atom is 0.131 e. The maximum absolute atomic E-state index is 11.7. The van der Waals surface area contributed by atoms with Gasteiger partial charge >= 0.3 is 0 Å². The standard InChI is InChI=1S/C17H19NO2S/c1-21(20)17-12-14-8-10-18(15-5-3-2-4-6-15)9-7-13(14)11-16(17)19/h2-6,11-12,19H,7-10H2,1H3. The van der Waals surface area contributed by atoms with Crippen molar-refractivity contribution in [2.45, 2.75) is 17.7 Å². The monoisotopic (exact) mass is 301 g/mol. The van der Waals surface area contributed by atoms with E-state index in [0.29, 0.717) is 4.90 Å². The zero-order chi connectivity index (χ0) is 14.8. The average Bonchev–Trinajstić information content (AvgIpc) is 2.69. The number of anilines is 1. The Balaban J connectivity index is 1.88. The van der Waals surface area contributed by atoms with Gasteiger partial charge < -0.3 is 10.0 Å². The molecule has 0 bridgehead atoms. The van der Waals surface area contributed by atoms with Gasteiger partial charge in [-0.25, -0.2) is 0 Å². The van der Waals surface area contributed by atoms with Crippen molar-refractivity contribution in [1.82, 2.24) is 0 Å². The first-order valence-corrected chi connectivity index (χ1v) is 8.69. The highest BCUT2D eigenvalue weighted by Gasteiger charge is 2.17. The molecule has 3 rings (SSSR count). The molecule has 2 aromatic carbocycles. The van der Waals surface area contributed by atoms with E-state index in [1.54, 1.807) is 12.3 Å². The number of para-hydroxylation sites is 1. The number of nitrogens with zero attached hydrogens (tertiary/aromatic N) is 1. The minimum atomic E-state index is -1.15. The molecule has 0 aliphatic carbocycles. The van der Waals surface area contributed by atoms with Crippen molar-refractivity contribution in [3.05, 3.63) is 53.6 Å². The van der Waals surface area contributed by atoms with Gasteiger partial charge in [0.2, 0.25) is 0 Å². The topological polar surface area (TPSA) is 40.5 Å². The van der Waals surface area contributed by atoms with E-state index in [1.807, 2.05) is 12.1 Å². The van der Waals surface area contributed by atoms with E-state index in [1.165, 1.54) is 16.8 Å². The third kappa shape index (κ3) is 2.95. The molecule has 0 saturated carbocycles. The number of aromatic hydroxyl groups is 1. The Morgan fingerprint density at radius 2 is 1.67 bits per heavy atom. The number of benzene rings is 2. The number of hydrogen-bond acceptors (Lipinski definition) is 3. The molecule has 1 unspecified atom stereocenters. The van der Waals surface area contributed by atoms with Gasteiger partial charge in [-0.3, -0.25) is 4.21 Å². The molecule has 0 radical (unpaired) electrons. The Morgan fingerprint density at radius 1 is 1.05 bits per heavy atom. The highest BCUT2D eigenvalue weighted by Crippen LogP contribution is 2.28. The highest BCUT2D eigenvalue weighted by molar-refractivity contribution is 7.84. The Hall–Kier alpha value is -1.81. The van der Waals surface area contributed by atoms with E-state index in [-0.39, 0.29) is 5.75 Å². The molecule has 1 atom stereocenters. The van der Waals surface area contributed by atoms with Crippen LogP contribution in [-0.4, -0.2) is 28.7 Å². The number of phenols is 1. The van der Waals surface area contributed by atoms with Crippen LogP contribution in [0.15, 0.2) is 47.4 Å². The van der Waals surface area contributed by atoms with Gasteiger partial charge in [0.25, 0.3) is 0 Å². The van der Waals surface area contributed by atoms with Crippen LogP contribution in [-0.2, 0) is 23.6 Å². The van der Waals surface area contributed by atoms with Crippen molar-refractivity contribution in [1.29, 1.82) is 0 Å². The average molecular weight is 301 g/mol. The molecule has 0 amide bonds. The fourth-order valence-electron chi connectivity index (χ4n) is 2.87. The van der Waals surface area contributed by atoms with Crippen molar-refractivity contribution in [3.8, 4) is 5.75 Å². The zero-order valence-electron chi connectivity index (χ0n) is 12.1. The second kappa shape index (κ2) is 5.90. The van der Waals surface area contributed by atoms with Crippen LogP contribution in [0.5, 0.6) is 5.75 Å². The first kappa shape index (κ1) is 14.1. The lowest BCUT2D eigenvalue weighted by molar-refractivity contribution is 0.460. The number of hydrogen-bond donors (Lipinski definition) is 1. The van der Waals surface area contributed by atoms with Crippen LogP contribution in [0.1, 0.15) is 11.1 Å². The largest absolute Gasteiger partial charge is 0.507 e. The predicted octanol–water partition coefficient (Wildman–Crippen LogP) is 2.73. The summed E-state index contributed by atoms with van der Waals surface area (Å²) in [7, 11) is -1.15. The maximum atomic E-state index is 11.7. The van der Waals surface area contributed by atoms with E-state index >= 15 is 0 Å². The van der Waals surface area contributed by atoms with Crippen LogP contribution >= 0.6 is 0 Å². The van der Waals surface area contributed by atoms with Crippen LogP contribution in [0.3, 0.4) is 0 Å². The van der Waals surface area contributed by atoms with Gasteiger partial charge in [0.15, 0.2) is 0 Å². The minimum absolute atomic E-state index is 0.155. The van der Waals surface area contributed by atoms with E-state index in [4.69, 9.17) is 0 Å². The molecule has 3 nitrogen and oxygen atoms in total. The molecule has 0 saturated heterocycles. The molecule has 21 heavy (non-hydrogen) atoms. The summed E-state index contributed by atoms with van der Waals surface area (Å²) in [6, 6.07) is 14.1. The first-order valence-electron chi connectivity index (χ1n) is 7.13. The van der Waals surface area contributed by atoms with Crippen LogP contribution in [0.4, 0.5) is 5.69 Å². The van der Waals surface area contributed by atoms with Gasteiger partial charge in [-0.1, -0.05) is 18.2 Å². The van der Waals surface area contributed by atoms with E-state index in [9.17, 15) is 9.32 Å². The second-order valence-corrected chi connectivity index (χ2v) is 6.71. The first-order chi connectivity index (χ1) is 10.1. The predicted molar refractivity (Wildman–Crippen MR) is 86.5 cm³/mol. The highest BCUT2D eigenvalue weighted by atomic mass is 32.2. The Morgan fingerprint density at radius 3 is 2.29 bits per heavy atom. The van der Waals surface area contributed by atoms with Gasteiger partial charge in [0.05, 0.1) is 15.7 Å². The summed E-state index contributed by atoms with van der Waals surface area (Å²) < 4.78 is 11.7. The third-order valence-electron chi connectivity index (χ3n) is 4.01. The van der Waals surface area contributed by atoms with E-state index < -0.39 is 10.8 Å².